The summed E-state index contributed by atoms with van der Waals surface area (Å²) < 4.78 is 11.7. The van der Waals surface area contributed by atoms with Crippen molar-refractivity contribution in [2.75, 3.05) is 19.8 Å². The SMILES string of the molecule is CCCNC1c2cccc(OCCC)c2OCC1C. The second-order valence-electron chi connectivity index (χ2n) is 5.24. The summed E-state index contributed by atoms with van der Waals surface area (Å²) in [6.07, 6.45) is 2.16. The molecule has 2 unspecified atom stereocenters. The number of para-hydroxylation sites is 1. The number of hydrogen-bond acceptors (Lipinski definition) is 3. The minimum Gasteiger partial charge on any atom is -0.490 e. The highest BCUT2D eigenvalue weighted by molar-refractivity contribution is 5.49. The minimum atomic E-state index is 0.369. The lowest BCUT2D eigenvalue weighted by Gasteiger charge is -2.33. The van der Waals surface area contributed by atoms with Gasteiger partial charge in [0.1, 0.15) is 0 Å². The van der Waals surface area contributed by atoms with Gasteiger partial charge in [0.05, 0.1) is 13.2 Å². The summed E-state index contributed by atoms with van der Waals surface area (Å²) in [4.78, 5) is 0. The van der Waals surface area contributed by atoms with E-state index in [1.54, 1.807) is 0 Å². The molecule has 1 aromatic rings. The molecule has 0 saturated carbocycles. The molecule has 19 heavy (non-hydrogen) atoms. The normalized spacial score (nSPS) is 21.6. The van der Waals surface area contributed by atoms with Gasteiger partial charge in [-0.2, -0.15) is 0 Å². The van der Waals surface area contributed by atoms with Crippen LogP contribution in [0, 0.1) is 5.92 Å². The fourth-order valence-corrected chi connectivity index (χ4v) is 2.49. The van der Waals surface area contributed by atoms with Crippen molar-refractivity contribution < 1.29 is 9.47 Å². The second-order valence-corrected chi connectivity index (χ2v) is 5.24. The second kappa shape index (κ2) is 6.80. The van der Waals surface area contributed by atoms with E-state index >= 15 is 0 Å². The Hall–Kier alpha value is -1.22. The predicted octanol–water partition coefficient (Wildman–Crippen LogP) is 3.54. The Bertz CT molecular complexity index is 406. The summed E-state index contributed by atoms with van der Waals surface area (Å²) in [5.41, 5.74) is 1.24. The van der Waals surface area contributed by atoms with E-state index in [9.17, 15) is 0 Å². The van der Waals surface area contributed by atoms with Gasteiger partial charge in [0.15, 0.2) is 11.5 Å². The molecule has 3 heteroatoms. The average molecular weight is 263 g/mol. The van der Waals surface area contributed by atoms with Crippen molar-refractivity contribution in [3.8, 4) is 11.5 Å². The van der Waals surface area contributed by atoms with Gasteiger partial charge in [-0.25, -0.2) is 0 Å². The van der Waals surface area contributed by atoms with Crippen LogP contribution in [0.4, 0.5) is 0 Å². The highest BCUT2D eigenvalue weighted by atomic mass is 16.5. The molecule has 2 atom stereocenters. The molecule has 0 aliphatic carbocycles. The molecule has 3 nitrogen and oxygen atoms in total. The molecule has 1 aliphatic heterocycles. The van der Waals surface area contributed by atoms with E-state index < -0.39 is 0 Å². The summed E-state index contributed by atoms with van der Waals surface area (Å²) in [5, 5.41) is 3.62. The van der Waals surface area contributed by atoms with Crippen molar-refractivity contribution in [1.82, 2.24) is 5.32 Å². The summed E-state index contributed by atoms with van der Waals surface area (Å²) in [6, 6.07) is 6.58. The van der Waals surface area contributed by atoms with Crippen LogP contribution in [0.3, 0.4) is 0 Å². The van der Waals surface area contributed by atoms with Crippen LogP contribution in [-0.4, -0.2) is 19.8 Å². The molecule has 0 aromatic heterocycles. The van der Waals surface area contributed by atoms with E-state index in [-0.39, 0.29) is 0 Å². The lowest BCUT2D eigenvalue weighted by molar-refractivity contribution is 0.177. The van der Waals surface area contributed by atoms with Gasteiger partial charge in [-0.1, -0.05) is 32.9 Å². The monoisotopic (exact) mass is 263 g/mol. The molecule has 0 fully saturated rings. The zero-order valence-electron chi connectivity index (χ0n) is 12.2. The van der Waals surface area contributed by atoms with E-state index in [0.29, 0.717) is 12.0 Å². The van der Waals surface area contributed by atoms with Gasteiger partial charge in [-0.15, -0.1) is 0 Å². The van der Waals surface area contributed by atoms with Crippen LogP contribution in [0.1, 0.15) is 45.2 Å². The van der Waals surface area contributed by atoms with Crippen LogP contribution in [-0.2, 0) is 0 Å². The summed E-state index contributed by atoms with van der Waals surface area (Å²) in [5.74, 6) is 2.30. The van der Waals surface area contributed by atoms with Crippen LogP contribution in [0.25, 0.3) is 0 Å². The molecule has 0 radical (unpaired) electrons. The quantitative estimate of drug-likeness (QED) is 0.851. The number of fused-ring (bicyclic) bond motifs is 1. The lowest BCUT2D eigenvalue weighted by Crippen LogP contribution is -2.34. The van der Waals surface area contributed by atoms with Crippen molar-refractivity contribution in [3.63, 3.8) is 0 Å². The van der Waals surface area contributed by atoms with Crippen LogP contribution >= 0.6 is 0 Å². The fraction of sp³-hybridized carbons (Fsp3) is 0.625. The van der Waals surface area contributed by atoms with Crippen molar-refractivity contribution >= 4 is 0 Å². The molecule has 1 N–H and O–H groups in total. The van der Waals surface area contributed by atoms with Crippen LogP contribution in [0.15, 0.2) is 18.2 Å². The van der Waals surface area contributed by atoms with Gasteiger partial charge in [0.2, 0.25) is 0 Å². The van der Waals surface area contributed by atoms with Gasteiger partial charge in [-0.05, 0) is 25.5 Å². The van der Waals surface area contributed by atoms with Crippen LogP contribution in [0.5, 0.6) is 11.5 Å². The Morgan fingerprint density at radius 2 is 2.16 bits per heavy atom. The van der Waals surface area contributed by atoms with E-state index in [1.807, 2.05) is 6.07 Å². The van der Waals surface area contributed by atoms with Crippen LogP contribution < -0.4 is 14.8 Å². The van der Waals surface area contributed by atoms with Crippen molar-refractivity contribution in [2.45, 2.75) is 39.7 Å². The molecule has 0 amide bonds. The summed E-state index contributed by atoms with van der Waals surface area (Å²) >= 11 is 0. The minimum absolute atomic E-state index is 0.369. The molecule has 1 aliphatic rings. The summed E-state index contributed by atoms with van der Waals surface area (Å²) in [6.45, 7) is 9.07. The standard InChI is InChI=1S/C16H25NO2/c1-4-9-17-15-12(3)11-19-16-13(15)7-6-8-14(16)18-10-5-2/h6-8,12,15,17H,4-5,9-11H2,1-3H3. The molecule has 0 saturated heterocycles. The van der Waals surface area contributed by atoms with Gasteiger partial charge in [0, 0.05) is 17.5 Å². The van der Waals surface area contributed by atoms with Gasteiger partial charge in [-0.3, -0.25) is 0 Å². The Kier molecular flexibility index (Phi) is 5.08. The molecule has 2 rings (SSSR count). The maximum atomic E-state index is 5.91. The third kappa shape index (κ3) is 3.21. The number of ether oxygens (including phenoxy) is 2. The first-order valence-corrected chi connectivity index (χ1v) is 7.39. The molecule has 106 valence electrons. The highest BCUT2D eigenvalue weighted by Gasteiger charge is 2.29. The Morgan fingerprint density at radius 3 is 2.89 bits per heavy atom. The number of hydrogen-bond donors (Lipinski definition) is 1. The third-order valence-corrected chi connectivity index (χ3v) is 3.48. The van der Waals surface area contributed by atoms with E-state index in [2.05, 4.69) is 38.2 Å². The van der Waals surface area contributed by atoms with Crippen molar-refractivity contribution in [1.29, 1.82) is 0 Å². The number of benzene rings is 1. The topological polar surface area (TPSA) is 30.5 Å². The third-order valence-electron chi connectivity index (χ3n) is 3.48. The molecule has 1 heterocycles. The van der Waals surface area contributed by atoms with Gasteiger partial charge < -0.3 is 14.8 Å². The first-order valence-electron chi connectivity index (χ1n) is 7.39. The van der Waals surface area contributed by atoms with Gasteiger partial charge >= 0.3 is 0 Å². The number of rotatable bonds is 6. The van der Waals surface area contributed by atoms with E-state index in [0.717, 1.165) is 44.1 Å². The first kappa shape index (κ1) is 14.2. The molecule has 1 aromatic carbocycles. The van der Waals surface area contributed by atoms with E-state index in [1.165, 1.54) is 5.56 Å². The van der Waals surface area contributed by atoms with Crippen molar-refractivity contribution in [2.24, 2.45) is 5.92 Å². The maximum Gasteiger partial charge on any atom is 0.165 e. The Balaban J connectivity index is 2.23. The molecule has 0 bridgehead atoms. The largest absolute Gasteiger partial charge is 0.490 e. The molecule has 0 spiro atoms. The zero-order valence-corrected chi connectivity index (χ0v) is 12.2. The molecular formula is C16H25NO2. The maximum absolute atomic E-state index is 5.91. The first-order chi connectivity index (χ1) is 9.27. The smallest absolute Gasteiger partial charge is 0.165 e. The van der Waals surface area contributed by atoms with Gasteiger partial charge in [0.25, 0.3) is 0 Å². The van der Waals surface area contributed by atoms with E-state index in [4.69, 9.17) is 9.47 Å². The number of nitrogens with one attached hydrogen (secondary N) is 1. The Labute approximate surface area is 116 Å². The Morgan fingerprint density at radius 1 is 1.32 bits per heavy atom. The molecular weight excluding hydrogens is 238 g/mol. The zero-order chi connectivity index (χ0) is 13.7. The highest BCUT2D eigenvalue weighted by Crippen LogP contribution is 2.41. The predicted molar refractivity (Wildman–Crippen MR) is 77.9 cm³/mol. The van der Waals surface area contributed by atoms with Crippen molar-refractivity contribution in [3.05, 3.63) is 23.8 Å². The lowest BCUT2D eigenvalue weighted by atomic mass is 9.91. The summed E-state index contributed by atoms with van der Waals surface area (Å²) in [7, 11) is 0. The fourth-order valence-electron chi connectivity index (χ4n) is 2.49. The average Bonchev–Trinajstić information content (AvgIpc) is 2.44. The van der Waals surface area contributed by atoms with Crippen LogP contribution in [0.2, 0.25) is 0 Å².